The smallest absolute Gasteiger partial charge is 0.264 e. The molecule has 1 aliphatic heterocycles. The second-order valence-electron chi connectivity index (χ2n) is 6.23. The SMILES string of the molecule is Nc1ncnc2cc(-c3cccc(S(=O)(=O)NC(=O)[C@@H]4CCCN4)c3)sc12. The van der Waals surface area contributed by atoms with Gasteiger partial charge in [0.1, 0.15) is 12.1 Å². The first-order valence-corrected chi connectivity index (χ1v) is 10.6. The Kier molecular flexibility index (Phi) is 4.54. The van der Waals surface area contributed by atoms with Gasteiger partial charge in [0.2, 0.25) is 0 Å². The van der Waals surface area contributed by atoms with Gasteiger partial charge in [0.25, 0.3) is 15.9 Å². The Labute approximate surface area is 159 Å². The number of hydrogen-bond acceptors (Lipinski definition) is 8. The Bertz CT molecular complexity index is 1120. The Hall–Kier alpha value is -2.56. The number of nitrogens with one attached hydrogen (secondary N) is 2. The summed E-state index contributed by atoms with van der Waals surface area (Å²) in [6.07, 6.45) is 2.87. The predicted molar refractivity (Wildman–Crippen MR) is 104 cm³/mol. The van der Waals surface area contributed by atoms with Crippen LogP contribution in [-0.4, -0.2) is 36.9 Å². The molecule has 3 aromatic rings. The third-order valence-electron chi connectivity index (χ3n) is 4.38. The molecular weight excluding hydrogens is 386 g/mol. The molecule has 0 radical (unpaired) electrons. The van der Waals surface area contributed by atoms with E-state index in [9.17, 15) is 13.2 Å². The van der Waals surface area contributed by atoms with Crippen LogP contribution in [0.15, 0.2) is 41.6 Å². The number of aromatic nitrogens is 2. The molecule has 8 nitrogen and oxygen atoms in total. The number of carbonyl (C=O) groups is 1. The summed E-state index contributed by atoms with van der Waals surface area (Å²) in [6, 6.07) is 7.81. The van der Waals surface area contributed by atoms with E-state index in [0.717, 1.165) is 16.0 Å². The minimum Gasteiger partial charge on any atom is -0.382 e. The number of nitrogen functional groups attached to an aromatic ring is 1. The summed E-state index contributed by atoms with van der Waals surface area (Å²) < 4.78 is 28.1. The third-order valence-corrected chi connectivity index (χ3v) is 6.92. The van der Waals surface area contributed by atoms with E-state index in [-0.39, 0.29) is 4.90 Å². The molecular formula is C17H17N5O3S2. The molecule has 10 heteroatoms. The van der Waals surface area contributed by atoms with Crippen molar-refractivity contribution in [1.29, 1.82) is 0 Å². The molecule has 4 rings (SSSR count). The molecule has 27 heavy (non-hydrogen) atoms. The van der Waals surface area contributed by atoms with E-state index in [2.05, 4.69) is 20.0 Å². The number of rotatable bonds is 4. The maximum absolute atomic E-state index is 12.6. The standard InChI is InChI=1S/C17H17N5O3S2/c18-16-15-13(20-9-21-16)8-14(26-15)10-3-1-4-11(7-10)27(24,25)22-17(23)12-5-2-6-19-12/h1,3-4,7-9,12,19H,2,5-6H2,(H,22,23)(H2,18,20,21)/t12-/m0/s1. The number of nitrogens with zero attached hydrogens (tertiary/aromatic N) is 2. The number of carbonyl (C=O) groups excluding carboxylic acids is 1. The van der Waals surface area contributed by atoms with E-state index in [1.165, 1.54) is 29.8 Å². The minimum absolute atomic E-state index is 0.0304. The number of fused-ring (bicyclic) bond motifs is 1. The summed E-state index contributed by atoms with van der Waals surface area (Å²) >= 11 is 1.39. The van der Waals surface area contributed by atoms with Gasteiger partial charge in [0, 0.05) is 4.88 Å². The highest BCUT2D eigenvalue weighted by atomic mass is 32.2. The van der Waals surface area contributed by atoms with Gasteiger partial charge in [-0.3, -0.25) is 4.79 Å². The van der Waals surface area contributed by atoms with Gasteiger partial charge in [0.05, 0.1) is 21.2 Å². The lowest BCUT2D eigenvalue weighted by molar-refractivity contribution is -0.121. The average Bonchev–Trinajstić information content (AvgIpc) is 3.32. The number of benzene rings is 1. The quantitative estimate of drug-likeness (QED) is 0.602. The van der Waals surface area contributed by atoms with Crippen LogP contribution < -0.4 is 15.8 Å². The molecule has 0 saturated carbocycles. The number of thiophene rings is 1. The van der Waals surface area contributed by atoms with Crippen LogP contribution in [0.5, 0.6) is 0 Å². The van der Waals surface area contributed by atoms with E-state index >= 15 is 0 Å². The van der Waals surface area contributed by atoms with E-state index in [0.29, 0.717) is 29.9 Å². The van der Waals surface area contributed by atoms with Crippen LogP contribution in [0.1, 0.15) is 12.8 Å². The minimum atomic E-state index is -3.95. The number of hydrogen-bond donors (Lipinski definition) is 3. The molecule has 1 amide bonds. The third kappa shape index (κ3) is 3.51. The van der Waals surface area contributed by atoms with Crippen molar-refractivity contribution in [3.8, 4) is 10.4 Å². The molecule has 0 bridgehead atoms. The monoisotopic (exact) mass is 403 g/mol. The highest BCUT2D eigenvalue weighted by Crippen LogP contribution is 2.35. The van der Waals surface area contributed by atoms with E-state index in [1.807, 2.05) is 6.07 Å². The molecule has 1 aliphatic rings. The highest BCUT2D eigenvalue weighted by molar-refractivity contribution is 7.90. The largest absolute Gasteiger partial charge is 0.382 e. The fourth-order valence-electron chi connectivity index (χ4n) is 3.00. The van der Waals surface area contributed by atoms with Crippen molar-refractivity contribution in [1.82, 2.24) is 20.0 Å². The van der Waals surface area contributed by atoms with Crippen LogP contribution in [0.3, 0.4) is 0 Å². The maximum Gasteiger partial charge on any atom is 0.264 e. The van der Waals surface area contributed by atoms with Crippen LogP contribution in [0, 0.1) is 0 Å². The summed E-state index contributed by atoms with van der Waals surface area (Å²) in [7, 11) is -3.95. The van der Waals surface area contributed by atoms with Crippen LogP contribution in [0.25, 0.3) is 20.7 Å². The molecule has 3 heterocycles. The lowest BCUT2D eigenvalue weighted by Gasteiger charge is -2.12. The first kappa shape index (κ1) is 17.8. The average molecular weight is 403 g/mol. The molecule has 1 aromatic carbocycles. The van der Waals surface area contributed by atoms with Gasteiger partial charge in [-0.1, -0.05) is 12.1 Å². The van der Waals surface area contributed by atoms with Gasteiger partial charge in [-0.05, 0) is 43.1 Å². The Morgan fingerprint density at radius 2 is 2.15 bits per heavy atom. The van der Waals surface area contributed by atoms with Crippen molar-refractivity contribution >= 4 is 43.3 Å². The van der Waals surface area contributed by atoms with Gasteiger partial charge < -0.3 is 11.1 Å². The molecule has 1 saturated heterocycles. The lowest BCUT2D eigenvalue weighted by atomic mass is 10.2. The number of anilines is 1. The lowest BCUT2D eigenvalue weighted by Crippen LogP contribution is -2.43. The van der Waals surface area contributed by atoms with Crippen LogP contribution in [0.4, 0.5) is 5.82 Å². The Balaban J connectivity index is 1.64. The maximum atomic E-state index is 12.6. The van der Waals surface area contributed by atoms with Gasteiger partial charge >= 0.3 is 0 Å². The molecule has 0 spiro atoms. The van der Waals surface area contributed by atoms with Crippen molar-refractivity contribution in [2.24, 2.45) is 0 Å². The topological polar surface area (TPSA) is 127 Å². The Morgan fingerprint density at radius 3 is 2.89 bits per heavy atom. The zero-order valence-corrected chi connectivity index (χ0v) is 15.8. The number of amides is 1. The number of nitrogens with two attached hydrogens (primary N) is 1. The fraction of sp³-hybridized carbons (Fsp3) is 0.235. The Morgan fingerprint density at radius 1 is 1.30 bits per heavy atom. The van der Waals surface area contributed by atoms with Crippen LogP contribution in [-0.2, 0) is 14.8 Å². The summed E-state index contributed by atoms with van der Waals surface area (Å²) in [5.74, 6) is -0.140. The number of sulfonamides is 1. The molecule has 2 aromatic heterocycles. The van der Waals surface area contributed by atoms with Crippen molar-refractivity contribution < 1.29 is 13.2 Å². The first-order chi connectivity index (χ1) is 12.9. The van der Waals surface area contributed by atoms with Gasteiger partial charge in [0.15, 0.2) is 0 Å². The molecule has 0 aliphatic carbocycles. The molecule has 0 unspecified atom stereocenters. The predicted octanol–water partition coefficient (Wildman–Crippen LogP) is 1.50. The first-order valence-electron chi connectivity index (χ1n) is 8.34. The van der Waals surface area contributed by atoms with E-state index < -0.39 is 22.0 Å². The summed E-state index contributed by atoms with van der Waals surface area (Å²) in [4.78, 5) is 21.2. The highest BCUT2D eigenvalue weighted by Gasteiger charge is 2.27. The zero-order chi connectivity index (χ0) is 19.0. The van der Waals surface area contributed by atoms with E-state index in [1.54, 1.807) is 12.1 Å². The van der Waals surface area contributed by atoms with Gasteiger partial charge in [-0.2, -0.15) is 0 Å². The van der Waals surface area contributed by atoms with E-state index in [4.69, 9.17) is 5.73 Å². The molecule has 4 N–H and O–H groups in total. The second kappa shape index (κ2) is 6.87. The normalized spacial score (nSPS) is 17.3. The summed E-state index contributed by atoms with van der Waals surface area (Å²) in [5, 5.41) is 2.99. The van der Waals surface area contributed by atoms with Crippen molar-refractivity contribution in [3.05, 3.63) is 36.7 Å². The fourth-order valence-corrected chi connectivity index (χ4v) is 5.08. The van der Waals surface area contributed by atoms with Crippen molar-refractivity contribution in [2.75, 3.05) is 12.3 Å². The summed E-state index contributed by atoms with van der Waals surface area (Å²) in [5.41, 5.74) is 7.28. The van der Waals surface area contributed by atoms with Crippen molar-refractivity contribution in [3.63, 3.8) is 0 Å². The van der Waals surface area contributed by atoms with Crippen LogP contribution >= 0.6 is 11.3 Å². The molecule has 1 atom stereocenters. The second-order valence-corrected chi connectivity index (χ2v) is 8.97. The van der Waals surface area contributed by atoms with Crippen LogP contribution in [0.2, 0.25) is 0 Å². The molecule has 140 valence electrons. The van der Waals surface area contributed by atoms with Gasteiger partial charge in [-0.25, -0.2) is 23.1 Å². The summed E-state index contributed by atoms with van der Waals surface area (Å²) in [6.45, 7) is 0.714. The van der Waals surface area contributed by atoms with Gasteiger partial charge in [-0.15, -0.1) is 11.3 Å². The van der Waals surface area contributed by atoms with Crippen molar-refractivity contribution in [2.45, 2.75) is 23.8 Å². The molecule has 1 fully saturated rings. The zero-order valence-electron chi connectivity index (χ0n) is 14.2.